The summed E-state index contributed by atoms with van der Waals surface area (Å²) in [4.78, 5) is 14.9. The first-order valence-corrected chi connectivity index (χ1v) is 12.2. The number of nitrogens with zero attached hydrogens (tertiary/aromatic N) is 3. The van der Waals surface area contributed by atoms with Gasteiger partial charge in [-0.2, -0.15) is 9.97 Å². The minimum Gasteiger partial charge on any atom is -0.383 e. The Morgan fingerprint density at radius 2 is 2.00 bits per heavy atom. The van der Waals surface area contributed by atoms with Crippen molar-refractivity contribution in [3.8, 4) is 0 Å². The maximum absolute atomic E-state index is 12.5. The van der Waals surface area contributed by atoms with Crippen molar-refractivity contribution in [3.63, 3.8) is 0 Å². The van der Waals surface area contributed by atoms with Crippen molar-refractivity contribution >= 4 is 44.2 Å². The molecule has 1 aromatic carbocycles. The van der Waals surface area contributed by atoms with Crippen LogP contribution in [-0.2, 0) is 14.8 Å². The first kappa shape index (κ1) is 22.3. The van der Waals surface area contributed by atoms with Crippen LogP contribution in [0.15, 0.2) is 36.5 Å². The van der Waals surface area contributed by atoms with E-state index in [1.807, 2.05) is 18.3 Å². The molecule has 32 heavy (non-hydrogen) atoms. The van der Waals surface area contributed by atoms with E-state index >= 15 is 0 Å². The number of aromatic amines is 1. The highest BCUT2D eigenvalue weighted by atomic mass is 32.2. The molecular formula is C22H30N6O3S. The molecule has 1 saturated heterocycles. The van der Waals surface area contributed by atoms with E-state index in [1.165, 1.54) is 0 Å². The van der Waals surface area contributed by atoms with Crippen molar-refractivity contribution in [2.45, 2.75) is 44.4 Å². The van der Waals surface area contributed by atoms with E-state index in [4.69, 9.17) is 9.72 Å². The van der Waals surface area contributed by atoms with E-state index < -0.39 is 14.8 Å². The number of benzene rings is 1. The van der Waals surface area contributed by atoms with E-state index in [1.54, 1.807) is 46.1 Å². The third-order valence-electron chi connectivity index (χ3n) is 5.58. The number of anilines is 4. The molecule has 1 aliphatic rings. The second kappa shape index (κ2) is 8.59. The summed E-state index contributed by atoms with van der Waals surface area (Å²) in [6.45, 7) is 6.54. The smallest absolute Gasteiger partial charge is 0.237 e. The molecule has 0 aliphatic carbocycles. The van der Waals surface area contributed by atoms with Gasteiger partial charge in [0.15, 0.2) is 0 Å². The van der Waals surface area contributed by atoms with Gasteiger partial charge in [0.05, 0.1) is 28.5 Å². The molecule has 1 fully saturated rings. The lowest BCUT2D eigenvalue weighted by molar-refractivity contribution is 0.180. The summed E-state index contributed by atoms with van der Waals surface area (Å²) in [5.74, 6) is 1.30. The lowest BCUT2D eigenvalue weighted by Crippen LogP contribution is -2.33. The van der Waals surface area contributed by atoms with Crippen molar-refractivity contribution < 1.29 is 13.2 Å². The van der Waals surface area contributed by atoms with Gasteiger partial charge in [-0.3, -0.25) is 4.72 Å². The van der Waals surface area contributed by atoms with Gasteiger partial charge in [0, 0.05) is 25.5 Å². The zero-order valence-electron chi connectivity index (χ0n) is 18.8. The molecule has 0 unspecified atom stereocenters. The number of hydrogen-bond donors (Lipinski definition) is 3. The molecule has 4 rings (SSSR count). The minimum atomic E-state index is -3.52. The van der Waals surface area contributed by atoms with Gasteiger partial charge in [0.1, 0.15) is 11.5 Å². The SMILES string of the molecule is COC[C@@H]1CCCN1c1nc(Nc2cccc(NS(=O)(=O)C(C)(C)C)c2)nc2[nH]ccc12. The third-order valence-corrected chi connectivity index (χ3v) is 7.70. The van der Waals surface area contributed by atoms with Crippen LogP contribution >= 0.6 is 0 Å². The maximum Gasteiger partial charge on any atom is 0.237 e. The molecule has 0 amide bonds. The van der Waals surface area contributed by atoms with E-state index in [2.05, 4.69) is 24.9 Å². The minimum absolute atomic E-state index is 0.274. The monoisotopic (exact) mass is 458 g/mol. The number of H-pyrrole nitrogens is 1. The quantitative estimate of drug-likeness (QED) is 0.493. The average Bonchev–Trinajstić information content (AvgIpc) is 3.36. The third kappa shape index (κ3) is 4.51. The fourth-order valence-electron chi connectivity index (χ4n) is 3.78. The normalized spacial score (nSPS) is 17.1. The molecule has 0 radical (unpaired) electrons. The highest BCUT2D eigenvalue weighted by Gasteiger charge is 2.29. The first-order chi connectivity index (χ1) is 15.2. The highest BCUT2D eigenvalue weighted by Crippen LogP contribution is 2.32. The predicted octanol–water partition coefficient (Wildman–Crippen LogP) is 3.86. The maximum atomic E-state index is 12.5. The van der Waals surface area contributed by atoms with Crippen LogP contribution in [0.3, 0.4) is 0 Å². The molecule has 3 aromatic rings. The van der Waals surface area contributed by atoms with E-state index in [0.29, 0.717) is 23.9 Å². The Balaban J connectivity index is 1.63. The summed E-state index contributed by atoms with van der Waals surface area (Å²) in [7, 11) is -1.81. The van der Waals surface area contributed by atoms with Gasteiger partial charge in [-0.05, 0) is 57.9 Å². The number of methoxy groups -OCH3 is 1. The van der Waals surface area contributed by atoms with Crippen molar-refractivity contribution in [3.05, 3.63) is 36.5 Å². The Bertz CT molecular complexity index is 1200. The summed E-state index contributed by atoms with van der Waals surface area (Å²) >= 11 is 0. The molecule has 10 heteroatoms. The van der Waals surface area contributed by atoms with Crippen molar-refractivity contribution in [1.29, 1.82) is 0 Å². The fraction of sp³-hybridized carbons (Fsp3) is 0.455. The molecule has 1 atom stereocenters. The Morgan fingerprint density at radius 1 is 1.22 bits per heavy atom. The van der Waals surface area contributed by atoms with Crippen LogP contribution in [0.25, 0.3) is 11.0 Å². The molecule has 0 saturated carbocycles. The van der Waals surface area contributed by atoms with E-state index in [9.17, 15) is 8.42 Å². The molecule has 2 aromatic heterocycles. The van der Waals surface area contributed by atoms with Crippen LogP contribution in [0, 0.1) is 0 Å². The second-order valence-electron chi connectivity index (χ2n) is 8.98. The number of hydrogen-bond acceptors (Lipinski definition) is 7. The Hall–Kier alpha value is -2.85. The second-order valence-corrected chi connectivity index (χ2v) is 11.4. The van der Waals surface area contributed by atoms with Gasteiger partial charge in [-0.1, -0.05) is 6.07 Å². The summed E-state index contributed by atoms with van der Waals surface area (Å²) < 4.78 is 32.2. The predicted molar refractivity (Wildman–Crippen MR) is 128 cm³/mol. The zero-order valence-corrected chi connectivity index (χ0v) is 19.7. The standard InChI is InChI=1S/C22H30N6O3S/c1-22(2,3)32(29,30)27-16-8-5-7-15(13-16)24-21-25-19-18(10-11-23-19)20(26-21)28-12-6-9-17(28)14-31-4/h5,7-8,10-11,13,17,27H,6,9,12,14H2,1-4H3,(H2,23,24,25,26)/t17-/m0/s1. The van der Waals surface area contributed by atoms with Gasteiger partial charge < -0.3 is 19.9 Å². The van der Waals surface area contributed by atoms with Gasteiger partial charge in [-0.25, -0.2) is 8.42 Å². The largest absolute Gasteiger partial charge is 0.383 e. The van der Waals surface area contributed by atoms with Crippen LogP contribution < -0.4 is 14.9 Å². The van der Waals surface area contributed by atoms with E-state index in [0.717, 1.165) is 36.2 Å². The molecule has 3 heterocycles. The number of ether oxygens (including phenoxy) is 1. The van der Waals surface area contributed by atoms with Gasteiger partial charge >= 0.3 is 0 Å². The number of aromatic nitrogens is 3. The van der Waals surface area contributed by atoms with Gasteiger partial charge in [0.25, 0.3) is 0 Å². The average molecular weight is 459 g/mol. The van der Waals surface area contributed by atoms with E-state index in [-0.39, 0.29) is 6.04 Å². The van der Waals surface area contributed by atoms with Crippen molar-refractivity contribution in [2.75, 3.05) is 35.2 Å². The Labute approximate surface area is 188 Å². The van der Waals surface area contributed by atoms with Gasteiger partial charge in [-0.15, -0.1) is 0 Å². The summed E-state index contributed by atoms with van der Waals surface area (Å²) in [6.07, 6.45) is 4.00. The van der Waals surface area contributed by atoms with Crippen molar-refractivity contribution in [2.24, 2.45) is 0 Å². The van der Waals surface area contributed by atoms with Crippen LogP contribution in [0.5, 0.6) is 0 Å². The van der Waals surface area contributed by atoms with Crippen LogP contribution in [0.2, 0.25) is 0 Å². The molecular weight excluding hydrogens is 428 g/mol. The lowest BCUT2D eigenvalue weighted by Gasteiger charge is -2.26. The molecule has 0 bridgehead atoms. The lowest BCUT2D eigenvalue weighted by atomic mass is 10.2. The zero-order chi connectivity index (χ0) is 22.9. The highest BCUT2D eigenvalue weighted by molar-refractivity contribution is 7.94. The molecule has 1 aliphatic heterocycles. The van der Waals surface area contributed by atoms with Crippen LogP contribution in [0.4, 0.5) is 23.1 Å². The molecule has 9 nitrogen and oxygen atoms in total. The topological polar surface area (TPSA) is 112 Å². The number of fused-ring (bicyclic) bond motifs is 1. The van der Waals surface area contributed by atoms with Crippen LogP contribution in [0.1, 0.15) is 33.6 Å². The molecule has 0 spiro atoms. The molecule has 172 valence electrons. The van der Waals surface area contributed by atoms with Gasteiger partial charge in [0.2, 0.25) is 16.0 Å². The molecule has 3 N–H and O–H groups in total. The first-order valence-electron chi connectivity index (χ1n) is 10.7. The van der Waals surface area contributed by atoms with Crippen molar-refractivity contribution in [1.82, 2.24) is 15.0 Å². The summed E-state index contributed by atoms with van der Waals surface area (Å²) in [5, 5.41) is 4.19. The number of rotatable bonds is 7. The fourth-order valence-corrected chi connectivity index (χ4v) is 4.52. The Morgan fingerprint density at radius 3 is 2.75 bits per heavy atom. The summed E-state index contributed by atoms with van der Waals surface area (Å²) in [5.41, 5.74) is 1.90. The summed E-state index contributed by atoms with van der Waals surface area (Å²) in [6, 6.07) is 9.34. The van der Waals surface area contributed by atoms with Crippen LogP contribution in [-0.4, -0.2) is 54.4 Å². The Kier molecular flexibility index (Phi) is 6.00. The number of nitrogens with one attached hydrogen (secondary N) is 3. The number of sulfonamides is 1.